The Bertz CT molecular complexity index is 541. The van der Waals surface area contributed by atoms with Gasteiger partial charge in [0.2, 0.25) is 11.8 Å². The average Bonchev–Trinajstić information content (AvgIpc) is 2.41. The number of hydrogen-bond acceptors (Lipinski definition) is 2. The van der Waals surface area contributed by atoms with E-state index in [2.05, 4.69) is 10.6 Å². The van der Waals surface area contributed by atoms with Gasteiger partial charge in [-0.3, -0.25) is 9.59 Å². The molecule has 0 heterocycles. The fourth-order valence-corrected chi connectivity index (χ4v) is 1.88. The van der Waals surface area contributed by atoms with E-state index < -0.39 is 5.41 Å². The highest BCUT2D eigenvalue weighted by molar-refractivity contribution is 6.30. The molecule has 1 unspecified atom stereocenters. The fourth-order valence-electron chi connectivity index (χ4n) is 1.66. The number of halogens is 1. The van der Waals surface area contributed by atoms with E-state index >= 15 is 0 Å². The molecule has 21 heavy (non-hydrogen) atoms. The average molecular weight is 311 g/mol. The van der Waals surface area contributed by atoms with Gasteiger partial charge in [-0.2, -0.15) is 0 Å². The van der Waals surface area contributed by atoms with Crippen LogP contribution in [0.2, 0.25) is 5.02 Å². The Balaban J connectivity index is 2.83. The second kappa shape index (κ2) is 6.94. The minimum Gasteiger partial charge on any atom is -0.353 e. The number of rotatable bonds is 5. The highest BCUT2D eigenvalue weighted by Gasteiger charge is 2.36. The molecule has 5 heteroatoms. The molecule has 1 rings (SSSR count). The zero-order valence-corrected chi connectivity index (χ0v) is 14.0. The van der Waals surface area contributed by atoms with Gasteiger partial charge in [0.1, 0.15) is 5.41 Å². The van der Waals surface area contributed by atoms with E-state index in [1.807, 2.05) is 20.8 Å². The number of anilines is 1. The molecule has 0 saturated heterocycles. The van der Waals surface area contributed by atoms with Crippen molar-refractivity contribution in [1.29, 1.82) is 0 Å². The second-order valence-electron chi connectivity index (χ2n) is 5.82. The second-order valence-corrected chi connectivity index (χ2v) is 6.26. The van der Waals surface area contributed by atoms with Crippen molar-refractivity contribution >= 4 is 29.1 Å². The maximum absolute atomic E-state index is 12.4. The van der Waals surface area contributed by atoms with Crippen LogP contribution in [0.15, 0.2) is 18.2 Å². The van der Waals surface area contributed by atoms with Gasteiger partial charge >= 0.3 is 0 Å². The molecular formula is C16H23ClN2O2. The van der Waals surface area contributed by atoms with Crippen LogP contribution < -0.4 is 10.6 Å². The molecule has 2 amide bonds. The largest absolute Gasteiger partial charge is 0.353 e. The highest BCUT2D eigenvalue weighted by atomic mass is 35.5. The molecule has 0 aliphatic carbocycles. The predicted molar refractivity (Wildman–Crippen MR) is 86.5 cm³/mol. The van der Waals surface area contributed by atoms with Crippen molar-refractivity contribution in [2.45, 2.75) is 47.1 Å². The molecule has 1 atom stereocenters. The summed E-state index contributed by atoms with van der Waals surface area (Å²) >= 11 is 5.89. The fraction of sp³-hybridized carbons (Fsp3) is 0.500. The summed E-state index contributed by atoms with van der Waals surface area (Å²) in [7, 11) is 0. The van der Waals surface area contributed by atoms with Gasteiger partial charge in [-0.1, -0.05) is 18.5 Å². The van der Waals surface area contributed by atoms with Crippen LogP contribution in [-0.2, 0) is 9.59 Å². The van der Waals surface area contributed by atoms with Crippen LogP contribution in [0.25, 0.3) is 0 Å². The van der Waals surface area contributed by atoms with Gasteiger partial charge < -0.3 is 10.6 Å². The number of carbonyl (C=O) groups excluding carboxylic acids is 2. The Morgan fingerprint density at radius 1 is 1.29 bits per heavy atom. The van der Waals surface area contributed by atoms with Crippen LogP contribution in [-0.4, -0.2) is 17.9 Å². The van der Waals surface area contributed by atoms with Gasteiger partial charge in [0, 0.05) is 16.8 Å². The van der Waals surface area contributed by atoms with Gasteiger partial charge in [0.05, 0.1) is 0 Å². The number of benzene rings is 1. The minimum absolute atomic E-state index is 0.0434. The summed E-state index contributed by atoms with van der Waals surface area (Å²) < 4.78 is 0. The first-order valence-electron chi connectivity index (χ1n) is 7.07. The van der Waals surface area contributed by atoms with E-state index in [0.717, 1.165) is 12.0 Å². The van der Waals surface area contributed by atoms with Crippen LogP contribution in [0.1, 0.15) is 39.7 Å². The molecule has 0 radical (unpaired) electrons. The van der Waals surface area contributed by atoms with E-state index in [1.165, 1.54) is 0 Å². The summed E-state index contributed by atoms with van der Waals surface area (Å²) in [6.07, 6.45) is 0.819. The summed E-state index contributed by atoms with van der Waals surface area (Å²) in [5, 5.41) is 6.24. The van der Waals surface area contributed by atoms with Gasteiger partial charge in [0.15, 0.2) is 0 Å². The lowest BCUT2D eigenvalue weighted by Gasteiger charge is -2.25. The molecule has 0 bridgehead atoms. The first-order chi connectivity index (χ1) is 9.68. The lowest BCUT2D eigenvalue weighted by molar-refractivity contribution is -0.138. The smallest absolute Gasteiger partial charge is 0.239 e. The van der Waals surface area contributed by atoms with Gasteiger partial charge in [-0.25, -0.2) is 0 Å². The Hall–Kier alpha value is -1.55. The monoisotopic (exact) mass is 310 g/mol. The standard InChI is InChI=1S/C16H23ClN2O2/c1-6-11(3)18-14(20)16(4,5)15(21)19-13-8-7-12(17)9-10(13)2/h7-9,11H,6H2,1-5H3,(H,18,20)(H,19,21). The van der Waals surface area contributed by atoms with Crippen molar-refractivity contribution in [3.05, 3.63) is 28.8 Å². The first-order valence-corrected chi connectivity index (χ1v) is 7.44. The van der Waals surface area contributed by atoms with Gasteiger partial charge in [-0.15, -0.1) is 0 Å². The third-order valence-corrected chi connectivity index (χ3v) is 3.80. The molecule has 1 aromatic rings. The molecule has 4 nitrogen and oxygen atoms in total. The highest BCUT2D eigenvalue weighted by Crippen LogP contribution is 2.23. The molecule has 0 aromatic heterocycles. The number of aryl methyl sites for hydroxylation is 1. The topological polar surface area (TPSA) is 58.2 Å². The SMILES string of the molecule is CCC(C)NC(=O)C(C)(C)C(=O)Nc1ccc(Cl)cc1C. The van der Waals surface area contributed by atoms with E-state index in [4.69, 9.17) is 11.6 Å². The number of amides is 2. The zero-order chi connectivity index (χ0) is 16.2. The van der Waals surface area contributed by atoms with Crippen LogP contribution in [0.3, 0.4) is 0 Å². The molecule has 0 fully saturated rings. The number of carbonyl (C=O) groups is 2. The Morgan fingerprint density at radius 2 is 1.90 bits per heavy atom. The lowest BCUT2D eigenvalue weighted by atomic mass is 9.90. The summed E-state index contributed by atoms with van der Waals surface area (Å²) in [4.78, 5) is 24.6. The van der Waals surface area contributed by atoms with Crippen LogP contribution in [0.5, 0.6) is 0 Å². The van der Waals surface area contributed by atoms with Crippen molar-refractivity contribution in [2.75, 3.05) is 5.32 Å². The summed E-state index contributed by atoms with van der Waals surface area (Å²) in [5.74, 6) is -0.616. The van der Waals surface area contributed by atoms with Crippen LogP contribution in [0.4, 0.5) is 5.69 Å². The van der Waals surface area contributed by atoms with E-state index in [1.54, 1.807) is 32.0 Å². The predicted octanol–water partition coefficient (Wildman–Crippen LogP) is 3.53. The molecule has 0 aliphatic heterocycles. The van der Waals surface area contributed by atoms with Crippen molar-refractivity contribution in [1.82, 2.24) is 5.32 Å². The molecular weight excluding hydrogens is 288 g/mol. The normalized spacial score (nSPS) is 12.7. The summed E-state index contributed by atoms with van der Waals surface area (Å²) in [6.45, 7) is 8.98. The Morgan fingerprint density at radius 3 is 2.43 bits per heavy atom. The van der Waals surface area contributed by atoms with Crippen molar-refractivity contribution < 1.29 is 9.59 Å². The third-order valence-electron chi connectivity index (χ3n) is 3.56. The third kappa shape index (κ3) is 4.46. The van der Waals surface area contributed by atoms with E-state index in [9.17, 15) is 9.59 Å². The van der Waals surface area contributed by atoms with Crippen molar-refractivity contribution in [3.63, 3.8) is 0 Å². The number of nitrogens with one attached hydrogen (secondary N) is 2. The van der Waals surface area contributed by atoms with Crippen LogP contribution in [0, 0.1) is 12.3 Å². The summed E-state index contributed by atoms with van der Waals surface area (Å²) in [5.41, 5.74) is 0.373. The lowest BCUT2D eigenvalue weighted by Crippen LogP contribution is -2.47. The zero-order valence-electron chi connectivity index (χ0n) is 13.2. The number of hydrogen-bond donors (Lipinski definition) is 2. The molecule has 2 N–H and O–H groups in total. The quantitative estimate of drug-likeness (QED) is 0.817. The molecule has 0 saturated carbocycles. The Labute approximate surface area is 131 Å². The maximum atomic E-state index is 12.4. The van der Waals surface area contributed by atoms with Gasteiger partial charge in [-0.05, 0) is 57.9 Å². The summed E-state index contributed by atoms with van der Waals surface area (Å²) in [6, 6.07) is 5.25. The molecule has 1 aromatic carbocycles. The molecule has 0 spiro atoms. The first kappa shape index (κ1) is 17.5. The van der Waals surface area contributed by atoms with Gasteiger partial charge in [0.25, 0.3) is 0 Å². The van der Waals surface area contributed by atoms with E-state index in [0.29, 0.717) is 10.7 Å². The molecule has 0 aliphatic rings. The van der Waals surface area contributed by atoms with Crippen LogP contribution >= 0.6 is 11.6 Å². The van der Waals surface area contributed by atoms with E-state index in [-0.39, 0.29) is 17.9 Å². The van der Waals surface area contributed by atoms with Crippen molar-refractivity contribution in [3.8, 4) is 0 Å². The van der Waals surface area contributed by atoms with Crippen molar-refractivity contribution in [2.24, 2.45) is 5.41 Å². The maximum Gasteiger partial charge on any atom is 0.239 e. The minimum atomic E-state index is -1.14. The Kier molecular flexibility index (Phi) is 5.78. The molecule has 116 valence electrons.